The van der Waals surface area contributed by atoms with Crippen molar-refractivity contribution in [3.05, 3.63) is 125 Å². The van der Waals surface area contributed by atoms with Gasteiger partial charge in [0.25, 0.3) is 5.91 Å². The zero-order chi connectivity index (χ0) is 43.2. The molecule has 4 aliphatic heterocycles. The number of fused-ring (bicyclic) bond motifs is 2. The van der Waals surface area contributed by atoms with Gasteiger partial charge < -0.3 is 25.6 Å². The molecule has 322 valence electrons. The first-order valence-corrected chi connectivity index (χ1v) is 21.4. The monoisotopic (exact) mass is 849 g/mol. The summed E-state index contributed by atoms with van der Waals surface area (Å²) in [6.07, 6.45) is 2.45. The van der Waals surface area contributed by atoms with Crippen LogP contribution in [0.1, 0.15) is 51.5 Å². The molecule has 1 atom stereocenters. The van der Waals surface area contributed by atoms with Gasteiger partial charge in [-0.3, -0.25) is 29.5 Å². The van der Waals surface area contributed by atoms with Crippen LogP contribution < -0.4 is 30.9 Å². The number of nitrogens with two attached hydrogens (primary N) is 1. The number of halogens is 1. The van der Waals surface area contributed by atoms with Gasteiger partial charge in [-0.2, -0.15) is 5.10 Å². The van der Waals surface area contributed by atoms with E-state index in [1.807, 2.05) is 28.9 Å². The minimum absolute atomic E-state index is 0.0933. The molecule has 0 unspecified atom stereocenters. The lowest BCUT2D eigenvalue weighted by Crippen LogP contribution is -2.50. The molecule has 0 radical (unpaired) electrons. The van der Waals surface area contributed by atoms with E-state index >= 15 is 0 Å². The third kappa shape index (κ3) is 8.03. The lowest BCUT2D eigenvalue weighted by atomic mass is 10.0. The highest BCUT2D eigenvalue weighted by molar-refractivity contribution is 6.00. The maximum Gasteiger partial charge on any atom is 0.255 e. The van der Waals surface area contributed by atoms with E-state index in [0.29, 0.717) is 41.1 Å². The molecule has 0 aliphatic carbocycles. The predicted molar refractivity (Wildman–Crippen MR) is 236 cm³/mol. The number of imide groups is 1. The molecule has 4 aromatic carbocycles. The van der Waals surface area contributed by atoms with Crippen molar-refractivity contribution in [1.82, 2.24) is 40.2 Å². The molecular formula is C47H48FN11O4. The average molecular weight is 850 g/mol. The number of hydrogen-bond donors (Lipinski definition) is 3. The zero-order valence-electron chi connectivity index (χ0n) is 35.0. The molecule has 0 bridgehead atoms. The molecule has 15 nitrogen and oxygen atoms in total. The fourth-order valence-corrected chi connectivity index (χ4v) is 9.28. The molecule has 0 saturated carbocycles. The third-order valence-electron chi connectivity index (χ3n) is 12.8. The second-order valence-electron chi connectivity index (χ2n) is 16.8. The van der Waals surface area contributed by atoms with Gasteiger partial charge in [-0.1, -0.05) is 42.5 Å². The van der Waals surface area contributed by atoms with Gasteiger partial charge >= 0.3 is 0 Å². The summed E-state index contributed by atoms with van der Waals surface area (Å²) in [4.78, 5) is 55.3. The molecule has 3 fully saturated rings. The van der Waals surface area contributed by atoms with Crippen LogP contribution in [-0.2, 0) is 35.8 Å². The third-order valence-corrected chi connectivity index (χ3v) is 12.8. The summed E-state index contributed by atoms with van der Waals surface area (Å²) in [5, 5.41) is 11.1. The minimum atomic E-state index is -0.514. The van der Waals surface area contributed by atoms with Crippen molar-refractivity contribution in [2.45, 2.75) is 51.1 Å². The first kappa shape index (κ1) is 40.2. The number of ether oxygens (including phenoxy) is 1. The summed E-state index contributed by atoms with van der Waals surface area (Å²) in [5.74, 6) is -0.638. The highest BCUT2D eigenvalue weighted by Gasteiger charge is 2.35. The van der Waals surface area contributed by atoms with E-state index in [4.69, 9.17) is 15.6 Å². The summed E-state index contributed by atoms with van der Waals surface area (Å²) in [5.41, 5.74) is 15.8. The first-order chi connectivity index (χ1) is 30.7. The highest BCUT2D eigenvalue weighted by atomic mass is 19.1. The summed E-state index contributed by atoms with van der Waals surface area (Å²) in [6.45, 7) is 7.99. The highest BCUT2D eigenvalue weighted by Crippen LogP contribution is 2.36. The lowest BCUT2D eigenvalue weighted by Gasteiger charge is -2.41. The number of carbonyl (C=O) groups excluding carboxylic acids is 3. The molecule has 3 saturated heterocycles. The zero-order valence-corrected chi connectivity index (χ0v) is 35.0. The Bertz CT molecular complexity index is 2710. The molecule has 6 aromatic rings. The Morgan fingerprint density at radius 2 is 1.62 bits per heavy atom. The van der Waals surface area contributed by atoms with Gasteiger partial charge in [0.05, 0.1) is 30.1 Å². The molecule has 4 aliphatic rings. The summed E-state index contributed by atoms with van der Waals surface area (Å²) in [7, 11) is 1.44. The second kappa shape index (κ2) is 16.8. The number of methoxy groups -OCH3 is 1. The van der Waals surface area contributed by atoms with Crippen LogP contribution in [0.4, 0.5) is 21.6 Å². The predicted octanol–water partition coefficient (Wildman–Crippen LogP) is 4.66. The maximum atomic E-state index is 13.8. The van der Waals surface area contributed by atoms with Crippen molar-refractivity contribution in [2.75, 3.05) is 61.9 Å². The second-order valence-corrected chi connectivity index (χ2v) is 16.8. The Morgan fingerprint density at radius 3 is 2.38 bits per heavy atom. The number of anilines is 3. The number of piperidine rings is 1. The van der Waals surface area contributed by atoms with Crippen molar-refractivity contribution < 1.29 is 23.5 Å². The van der Waals surface area contributed by atoms with Crippen molar-refractivity contribution in [1.29, 1.82) is 0 Å². The Balaban J connectivity index is 0.727. The van der Waals surface area contributed by atoms with E-state index in [9.17, 15) is 18.8 Å². The quantitative estimate of drug-likeness (QED) is 0.155. The number of nitrogens with zero attached hydrogens (tertiary/aromatic N) is 8. The van der Waals surface area contributed by atoms with Crippen LogP contribution in [0.25, 0.3) is 22.3 Å². The summed E-state index contributed by atoms with van der Waals surface area (Å²) < 4.78 is 21.0. The minimum Gasteiger partial charge on any atom is -0.496 e. The average Bonchev–Trinajstić information content (AvgIpc) is 3.88. The Morgan fingerprint density at radius 1 is 0.873 bits per heavy atom. The van der Waals surface area contributed by atoms with Gasteiger partial charge in [-0.25, -0.2) is 19.0 Å². The standard InChI is InChI=1S/C47H48FN11O4/c1-63-40-14-9-34(48)21-38(40)46(61)50-22-29-2-6-31(7-3-29)43-42-44(49)51-28-52-45(42)59(54-43)37-26-57(27-37)35-10-4-30(5-11-35)23-55-16-18-56(19-17-55)36-12-8-32-24-58(25-33(32)20-36)39-13-15-41(60)53-47(39)62/h2-12,14,20-21,28,37,39H,13,15-19,22-27H2,1H3,(H,50,61)(H2,49,51,52)(H,53,60,62)/t39-/m0/s1. The van der Waals surface area contributed by atoms with E-state index < -0.39 is 11.7 Å². The normalized spacial score (nSPS) is 18.3. The van der Waals surface area contributed by atoms with Gasteiger partial charge in [0.1, 0.15) is 29.4 Å². The van der Waals surface area contributed by atoms with E-state index in [-0.39, 0.29) is 36.0 Å². The number of hydrogen-bond acceptors (Lipinski definition) is 12. The van der Waals surface area contributed by atoms with Gasteiger partial charge in [0.2, 0.25) is 11.8 Å². The van der Waals surface area contributed by atoms with Crippen LogP contribution in [0.15, 0.2) is 91.3 Å². The number of piperazine rings is 1. The van der Waals surface area contributed by atoms with Crippen LogP contribution in [0.3, 0.4) is 0 Å². The number of carbonyl (C=O) groups is 3. The SMILES string of the molecule is COc1ccc(F)cc1C(=O)NCc1ccc(-c2nn(C3CN(c4ccc(CN5CCN(c6ccc7c(c6)CN([C@H]6CCC(=O)NC6=O)C7)CC5)cc4)C3)c3ncnc(N)c23)cc1. The maximum absolute atomic E-state index is 13.8. The Labute approximate surface area is 363 Å². The first-order valence-electron chi connectivity index (χ1n) is 21.4. The van der Waals surface area contributed by atoms with Crippen LogP contribution in [0, 0.1) is 5.82 Å². The number of aromatic nitrogens is 4. The summed E-state index contributed by atoms with van der Waals surface area (Å²) >= 11 is 0. The smallest absolute Gasteiger partial charge is 0.255 e. The number of amides is 3. The van der Waals surface area contributed by atoms with Gasteiger partial charge in [0, 0.05) is 88.8 Å². The van der Waals surface area contributed by atoms with Crippen LogP contribution in [-0.4, -0.2) is 99.7 Å². The number of nitrogens with one attached hydrogen (secondary N) is 2. The number of nitrogen functional groups attached to an aromatic ring is 1. The van der Waals surface area contributed by atoms with Crippen LogP contribution in [0.2, 0.25) is 0 Å². The number of rotatable bonds is 11. The van der Waals surface area contributed by atoms with E-state index in [1.165, 1.54) is 47.9 Å². The molecule has 0 spiro atoms. The molecule has 63 heavy (non-hydrogen) atoms. The van der Waals surface area contributed by atoms with E-state index in [0.717, 1.165) is 81.8 Å². The van der Waals surface area contributed by atoms with Gasteiger partial charge in [-0.15, -0.1) is 0 Å². The topological polar surface area (TPSA) is 167 Å². The van der Waals surface area contributed by atoms with Crippen LogP contribution >= 0.6 is 0 Å². The molecule has 3 amide bonds. The fourth-order valence-electron chi connectivity index (χ4n) is 9.28. The Kier molecular flexibility index (Phi) is 10.7. The molecule has 6 heterocycles. The van der Waals surface area contributed by atoms with Crippen molar-refractivity contribution in [3.63, 3.8) is 0 Å². The fraction of sp³-hybridized carbons (Fsp3) is 0.319. The lowest BCUT2D eigenvalue weighted by molar-refractivity contribution is -0.137. The number of benzene rings is 4. The van der Waals surface area contributed by atoms with Gasteiger partial charge in [0.15, 0.2) is 5.65 Å². The molecule has 10 rings (SSSR count). The Hall–Kier alpha value is -6.91. The molecule has 2 aromatic heterocycles. The van der Waals surface area contributed by atoms with Crippen molar-refractivity contribution in [3.8, 4) is 17.0 Å². The van der Waals surface area contributed by atoms with E-state index in [2.05, 4.69) is 82.7 Å². The molecule has 4 N–H and O–H groups in total. The van der Waals surface area contributed by atoms with Crippen molar-refractivity contribution >= 4 is 45.9 Å². The van der Waals surface area contributed by atoms with Crippen LogP contribution in [0.5, 0.6) is 5.75 Å². The molecule has 16 heteroatoms. The van der Waals surface area contributed by atoms with E-state index in [1.54, 1.807) is 0 Å². The molecular weight excluding hydrogens is 802 g/mol. The summed E-state index contributed by atoms with van der Waals surface area (Å²) in [6, 6.07) is 27.0. The van der Waals surface area contributed by atoms with Crippen molar-refractivity contribution in [2.24, 2.45) is 0 Å². The van der Waals surface area contributed by atoms with Gasteiger partial charge in [-0.05, 0) is 71.1 Å². The largest absolute Gasteiger partial charge is 0.496 e.